The molecule has 0 aliphatic carbocycles. The molecular weight excluding hydrogens is 168 g/mol. The zero-order valence-electron chi connectivity index (χ0n) is 7.36. The average molecular weight is 179 g/mol. The van der Waals surface area contributed by atoms with E-state index in [4.69, 9.17) is 0 Å². The number of hydrogen-bond donors (Lipinski definition) is 1. The van der Waals surface area contributed by atoms with E-state index in [0.29, 0.717) is 0 Å². The van der Waals surface area contributed by atoms with Crippen LogP contribution in [0.25, 0.3) is 0 Å². The maximum atomic E-state index is 10.5. The first-order valence-corrected chi connectivity index (χ1v) is 4.00. The first-order valence-electron chi connectivity index (χ1n) is 4.00. The minimum atomic E-state index is -1.79. The Balaban J connectivity index is 2.75. The molecule has 70 valence electrons. The molecule has 0 aromatic heterocycles. The van der Waals surface area contributed by atoms with Gasteiger partial charge in [0.05, 0.1) is 5.97 Å². The van der Waals surface area contributed by atoms with Gasteiger partial charge in [0.25, 0.3) is 0 Å². The lowest BCUT2D eigenvalue weighted by Gasteiger charge is -2.24. The Kier molecular flexibility index (Phi) is 2.68. The molecule has 0 saturated heterocycles. The van der Waals surface area contributed by atoms with E-state index in [2.05, 4.69) is 0 Å². The van der Waals surface area contributed by atoms with Crippen molar-refractivity contribution in [2.75, 3.05) is 0 Å². The summed E-state index contributed by atoms with van der Waals surface area (Å²) in [7, 11) is 0. The maximum Gasteiger partial charge on any atom is 0.105 e. The fourth-order valence-corrected chi connectivity index (χ4v) is 1.07. The lowest BCUT2D eigenvalue weighted by Crippen LogP contribution is -2.47. The Morgan fingerprint density at radius 1 is 1.46 bits per heavy atom. The SMILES string of the molecule is CC(O)(Cc1ccccc1)C(=O)[O-]. The van der Waals surface area contributed by atoms with Crippen molar-refractivity contribution in [1.82, 2.24) is 0 Å². The molecule has 0 heterocycles. The standard InChI is InChI=1S/C10H12O3/c1-10(13,9(11)12)7-8-5-3-2-4-6-8/h2-6,13H,7H2,1H3,(H,11,12)/p-1. The van der Waals surface area contributed by atoms with Gasteiger partial charge in [-0.2, -0.15) is 0 Å². The van der Waals surface area contributed by atoms with E-state index in [0.717, 1.165) is 5.56 Å². The average Bonchev–Trinajstić information content (AvgIpc) is 2.05. The third kappa shape index (κ3) is 2.56. The zero-order valence-corrected chi connectivity index (χ0v) is 7.36. The van der Waals surface area contributed by atoms with Crippen molar-refractivity contribution in [1.29, 1.82) is 0 Å². The first kappa shape index (κ1) is 9.74. The molecule has 1 unspecified atom stereocenters. The number of aliphatic carboxylic acids is 1. The second kappa shape index (κ2) is 3.58. The molecule has 3 nitrogen and oxygen atoms in total. The Hall–Kier alpha value is -1.35. The first-order chi connectivity index (χ1) is 6.02. The molecule has 0 amide bonds. The molecule has 0 fully saturated rings. The molecule has 13 heavy (non-hydrogen) atoms. The van der Waals surface area contributed by atoms with E-state index in [-0.39, 0.29) is 6.42 Å². The Morgan fingerprint density at radius 3 is 2.46 bits per heavy atom. The van der Waals surface area contributed by atoms with Gasteiger partial charge in [-0.3, -0.25) is 0 Å². The lowest BCUT2D eigenvalue weighted by molar-refractivity contribution is -0.323. The predicted molar refractivity (Wildman–Crippen MR) is 45.8 cm³/mol. The van der Waals surface area contributed by atoms with Crippen LogP contribution in [0.4, 0.5) is 0 Å². The van der Waals surface area contributed by atoms with Crippen LogP contribution >= 0.6 is 0 Å². The summed E-state index contributed by atoms with van der Waals surface area (Å²) >= 11 is 0. The zero-order chi connectivity index (χ0) is 9.90. The fourth-order valence-electron chi connectivity index (χ4n) is 1.07. The summed E-state index contributed by atoms with van der Waals surface area (Å²) in [6.45, 7) is 1.23. The molecule has 1 atom stereocenters. The van der Waals surface area contributed by atoms with Crippen molar-refractivity contribution in [3.63, 3.8) is 0 Å². The Labute approximate surface area is 76.6 Å². The Bertz CT molecular complexity index is 290. The molecule has 1 rings (SSSR count). The number of hydrogen-bond acceptors (Lipinski definition) is 3. The highest BCUT2D eigenvalue weighted by Crippen LogP contribution is 2.11. The third-order valence-corrected chi connectivity index (χ3v) is 1.83. The van der Waals surface area contributed by atoms with Crippen molar-refractivity contribution in [2.24, 2.45) is 0 Å². The van der Waals surface area contributed by atoms with Crippen molar-refractivity contribution in [2.45, 2.75) is 18.9 Å². The van der Waals surface area contributed by atoms with E-state index in [9.17, 15) is 15.0 Å². The summed E-state index contributed by atoms with van der Waals surface area (Å²) in [6, 6.07) is 8.94. The van der Waals surface area contributed by atoms with Crippen LogP contribution in [0.5, 0.6) is 0 Å². The summed E-state index contributed by atoms with van der Waals surface area (Å²) in [5, 5.41) is 19.8. The van der Waals surface area contributed by atoms with Gasteiger partial charge in [0.1, 0.15) is 5.60 Å². The van der Waals surface area contributed by atoms with Gasteiger partial charge in [-0.05, 0) is 12.5 Å². The van der Waals surface area contributed by atoms with Crippen LogP contribution in [0.1, 0.15) is 12.5 Å². The van der Waals surface area contributed by atoms with E-state index in [1.807, 2.05) is 6.07 Å². The molecule has 1 N–H and O–H groups in total. The van der Waals surface area contributed by atoms with Crippen LogP contribution < -0.4 is 5.11 Å². The van der Waals surface area contributed by atoms with Crippen LogP contribution in [-0.4, -0.2) is 16.7 Å². The maximum absolute atomic E-state index is 10.5. The van der Waals surface area contributed by atoms with Crippen LogP contribution in [-0.2, 0) is 11.2 Å². The van der Waals surface area contributed by atoms with Crippen LogP contribution in [0.2, 0.25) is 0 Å². The number of aliphatic hydroxyl groups is 1. The fraction of sp³-hybridized carbons (Fsp3) is 0.300. The molecular formula is C10H11O3-. The molecule has 0 bridgehead atoms. The molecule has 0 aliphatic heterocycles. The molecule has 0 aliphatic rings. The number of carbonyl (C=O) groups is 1. The highest BCUT2D eigenvalue weighted by molar-refractivity contribution is 5.74. The summed E-state index contributed by atoms with van der Waals surface area (Å²) < 4.78 is 0. The summed E-state index contributed by atoms with van der Waals surface area (Å²) in [5.41, 5.74) is -1.02. The van der Waals surface area contributed by atoms with E-state index >= 15 is 0 Å². The molecule has 1 aromatic carbocycles. The largest absolute Gasteiger partial charge is 0.547 e. The Morgan fingerprint density at radius 2 is 2.00 bits per heavy atom. The molecule has 0 spiro atoms. The highest BCUT2D eigenvalue weighted by Gasteiger charge is 2.21. The molecule has 1 aromatic rings. The van der Waals surface area contributed by atoms with Crippen molar-refractivity contribution < 1.29 is 15.0 Å². The van der Waals surface area contributed by atoms with Crippen LogP contribution in [0.3, 0.4) is 0 Å². The highest BCUT2D eigenvalue weighted by atomic mass is 16.4. The van der Waals surface area contributed by atoms with Crippen molar-refractivity contribution in [3.8, 4) is 0 Å². The summed E-state index contributed by atoms with van der Waals surface area (Å²) in [4.78, 5) is 10.5. The predicted octanol–water partition coefficient (Wildman–Crippen LogP) is -0.270. The molecule has 0 saturated carbocycles. The van der Waals surface area contributed by atoms with E-state index < -0.39 is 11.6 Å². The third-order valence-electron chi connectivity index (χ3n) is 1.83. The van der Waals surface area contributed by atoms with Gasteiger partial charge < -0.3 is 15.0 Å². The van der Waals surface area contributed by atoms with E-state index in [1.54, 1.807) is 24.3 Å². The number of rotatable bonds is 3. The second-order valence-electron chi connectivity index (χ2n) is 3.22. The smallest absolute Gasteiger partial charge is 0.105 e. The lowest BCUT2D eigenvalue weighted by atomic mass is 9.97. The topological polar surface area (TPSA) is 60.4 Å². The normalized spacial score (nSPS) is 14.9. The van der Waals surface area contributed by atoms with Crippen molar-refractivity contribution >= 4 is 5.97 Å². The number of carboxylic acids is 1. The molecule has 0 radical (unpaired) electrons. The van der Waals surface area contributed by atoms with Gasteiger partial charge in [-0.1, -0.05) is 30.3 Å². The minimum absolute atomic E-state index is 0.0656. The summed E-state index contributed by atoms with van der Waals surface area (Å²) in [5.74, 6) is -1.45. The van der Waals surface area contributed by atoms with Gasteiger partial charge in [-0.15, -0.1) is 0 Å². The van der Waals surface area contributed by atoms with Gasteiger partial charge in [-0.25, -0.2) is 0 Å². The van der Waals surface area contributed by atoms with Gasteiger partial charge in [0.2, 0.25) is 0 Å². The number of carboxylic acid groups (broad SMARTS) is 1. The quantitative estimate of drug-likeness (QED) is 0.694. The van der Waals surface area contributed by atoms with Crippen LogP contribution in [0.15, 0.2) is 30.3 Å². The van der Waals surface area contributed by atoms with Gasteiger partial charge in [0, 0.05) is 6.42 Å². The van der Waals surface area contributed by atoms with Crippen LogP contribution in [0, 0.1) is 0 Å². The monoisotopic (exact) mass is 179 g/mol. The summed E-state index contributed by atoms with van der Waals surface area (Å²) in [6.07, 6.45) is 0.0656. The van der Waals surface area contributed by atoms with E-state index in [1.165, 1.54) is 6.92 Å². The van der Waals surface area contributed by atoms with Crippen molar-refractivity contribution in [3.05, 3.63) is 35.9 Å². The molecule has 3 heteroatoms. The minimum Gasteiger partial charge on any atom is -0.547 e. The van der Waals surface area contributed by atoms with Gasteiger partial charge >= 0.3 is 0 Å². The van der Waals surface area contributed by atoms with Gasteiger partial charge in [0.15, 0.2) is 0 Å². The number of carbonyl (C=O) groups excluding carboxylic acids is 1. The second-order valence-corrected chi connectivity index (χ2v) is 3.22. The number of benzene rings is 1.